The summed E-state index contributed by atoms with van der Waals surface area (Å²) in [5.41, 5.74) is 1.75. The van der Waals surface area contributed by atoms with Gasteiger partial charge < -0.3 is 20.0 Å². The van der Waals surface area contributed by atoms with Gasteiger partial charge in [-0.15, -0.1) is 11.3 Å². The summed E-state index contributed by atoms with van der Waals surface area (Å²) in [6.07, 6.45) is 1.15. The number of nitrogens with one attached hydrogen (secondary N) is 1. The van der Waals surface area contributed by atoms with E-state index >= 15 is 0 Å². The fourth-order valence-corrected chi connectivity index (χ4v) is 4.07. The van der Waals surface area contributed by atoms with E-state index in [1.54, 1.807) is 23.6 Å². The number of pyridine rings is 1. The number of nitrogens with zero attached hydrogens (tertiary/aromatic N) is 3. The number of hydrogen-bond donors (Lipinski definition) is 2. The molecule has 2 aromatic rings. The Balaban J connectivity index is 1.42. The number of carbonyl (C=O) groups excluding carboxylic acids is 2. The van der Waals surface area contributed by atoms with Crippen LogP contribution in [0.2, 0.25) is 0 Å². The minimum Gasteiger partial charge on any atom is -0.442 e. The number of thiophene rings is 1. The van der Waals surface area contributed by atoms with E-state index in [0.29, 0.717) is 18.8 Å². The highest BCUT2D eigenvalue weighted by Gasteiger charge is 2.33. The molecule has 29 heavy (non-hydrogen) atoms. The molecule has 0 bridgehead atoms. The highest BCUT2D eigenvalue weighted by Crippen LogP contribution is 2.31. The zero-order chi connectivity index (χ0) is 20.4. The summed E-state index contributed by atoms with van der Waals surface area (Å²) in [5.74, 6) is 0.333. The Bertz CT molecular complexity index is 942. The maximum Gasteiger partial charge on any atom is 0.416 e. The van der Waals surface area contributed by atoms with Gasteiger partial charge in [-0.2, -0.15) is 0 Å². The Kier molecular flexibility index (Phi) is 5.45. The smallest absolute Gasteiger partial charge is 0.416 e. The number of aliphatic hydroxyl groups excluding tert-OH is 1. The zero-order valence-electron chi connectivity index (χ0n) is 15.7. The van der Waals surface area contributed by atoms with Crippen molar-refractivity contribution in [1.82, 2.24) is 10.3 Å². The van der Waals surface area contributed by atoms with E-state index in [2.05, 4.69) is 15.5 Å². The number of anilines is 1. The lowest BCUT2D eigenvalue weighted by atomic mass is 10.1. The first-order valence-electron chi connectivity index (χ1n) is 9.16. The Morgan fingerprint density at radius 3 is 2.83 bits per heavy atom. The molecule has 0 radical (unpaired) electrons. The van der Waals surface area contributed by atoms with Crippen molar-refractivity contribution in [1.29, 1.82) is 0 Å². The third kappa shape index (κ3) is 4.22. The van der Waals surface area contributed by atoms with Crippen molar-refractivity contribution in [3.8, 4) is 10.4 Å². The molecular weight excluding hydrogens is 396 g/mol. The standard InChI is InChI=1S/C19H20N4O5S/c1-11(25)20-8-14-9-23(19(26)27-14)18-5-2-12(7-21-18)16-3-4-17(29-16)15-6-13(10-24)28-22-15/h2-5,7,13-14,24H,6,8-10H2,1H3,(H,20,25)/t13?,14-/m0/s1. The Morgan fingerprint density at radius 2 is 2.14 bits per heavy atom. The van der Waals surface area contributed by atoms with E-state index < -0.39 is 12.2 Å². The van der Waals surface area contributed by atoms with Crippen molar-refractivity contribution in [3.05, 3.63) is 35.3 Å². The van der Waals surface area contributed by atoms with Crippen molar-refractivity contribution < 1.29 is 24.3 Å². The lowest BCUT2D eigenvalue weighted by Gasteiger charge is -2.12. The predicted octanol–water partition coefficient (Wildman–Crippen LogP) is 1.76. The molecule has 1 saturated heterocycles. The molecule has 152 valence electrons. The molecule has 2 aliphatic rings. The van der Waals surface area contributed by atoms with Gasteiger partial charge in [0.25, 0.3) is 0 Å². The minimum absolute atomic E-state index is 0.0543. The van der Waals surface area contributed by atoms with Crippen LogP contribution in [0.3, 0.4) is 0 Å². The second-order valence-electron chi connectivity index (χ2n) is 6.77. The third-order valence-corrected chi connectivity index (χ3v) is 5.77. The SMILES string of the molecule is CC(=O)NC[C@H]1CN(c2ccc(-c3ccc(C4=NOC(CO)C4)s3)cn2)C(=O)O1. The molecule has 1 unspecified atom stereocenters. The summed E-state index contributed by atoms with van der Waals surface area (Å²) < 4.78 is 5.26. The Hall–Kier alpha value is -2.98. The summed E-state index contributed by atoms with van der Waals surface area (Å²) in [7, 11) is 0. The number of aliphatic hydroxyl groups is 1. The number of carbonyl (C=O) groups is 2. The van der Waals surface area contributed by atoms with Crippen LogP contribution < -0.4 is 10.2 Å². The van der Waals surface area contributed by atoms with Crippen LogP contribution in [-0.4, -0.2) is 59.7 Å². The van der Waals surface area contributed by atoms with Gasteiger partial charge in [0.15, 0.2) is 6.10 Å². The van der Waals surface area contributed by atoms with Crippen LogP contribution in [0.5, 0.6) is 0 Å². The quantitative estimate of drug-likeness (QED) is 0.742. The number of ether oxygens (including phenoxy) is 1. The van der Waals surface area contributed by atoms with Crippen LogP contribution in [-0.2, 0) is 14.4 Å². The van der Waals surface area contributed by atoms with Crippen LogP contribution in [0.1, 0.15) is 18.2 Å². The molecule has 9 nitrogen and oxygen atoms in total. The molecule has 2 aliphatic heterocycles. The van der Waals surface area contributed by atoms with Crippen molar-refractivity contribution in [3.63, 3.8) is 0 Å². The van der Waals surface area contributed by atoms with Gasteiger partial charge in [0, 0.05) is 30.0 Å². The van der Waals surface area contributed by atoms with Crippen molar-refractivity contribution in [2.75, 3.05) is 24.6 Å². The van der Waals surface area contributed by atoms with Gasteiger partial charge in [0.1, 0.15) is 17.6 Å². The number of amides is 2. The van der Waals surface area contributed by atoms with E-state index in [0.717, 1.165) is 21.0 Å². The van der Waals surface area contributed by atoms with Gasteiger partial charge in [0.05, 0.1) is 24.6 Å². The summed E-state index contributed by atoms with van der Waals surface area (Å²) >= 11 is 1.57. The predicted molar refractivity (Wildman–Crippen MR) is 107 cm³/mol. The molecule has 0 saturated carbocycles. The molecule has 0 spiro atoms. The van der Waals surface area contributed by atoms with E-state index in [1.807, 2.05) is 18.2 Å². The summed E-state index contributed by atoms with van der Waals surface area (Å²) in [5, 5.41) is 15.8. The molecule has 2 aromatic heterocycles. The van der Waals surface area contributed by atoms with Crippen LogP contribution in [0.4, 0.5) is 10.6 Å². The zero-order valence-corrected chi connectivity index (χ0v) is 16.5. The molecular formula is C19H20N4O5S. The number of oxime groups is 1. The normalized spacial score (nSPS) is 21.0. The second-order valence-corrected chi connectivity index (χ2v) is 7.86. The van der Waals surface area contributed by atoms with Gasteiger partial charge in [-0.3, -0.25) is 9.69 Å². The van der Waals surface area contributed by atoms with Crippen molar-refractivity contribution in [2.45, 2.75) is 25.6 Å². The van der Waals surface area contributed by atoms with Gasteiger partial charge in [0.2, 0.25) is 5.91 Å². The number of hydrogen-bond acceptors (Lipinski definition) is 8. The lowest BCUT2D eigenvalue weighted by molar-refractivity contribution is -0.119. The summed E-state index contributed by atoms with van der Waals surface area (Å²) in [6.45, 7) is 1.97. The molecule has 2 amide bonds. The van der Waals surface area contributed by atoms with Crippen LogP contribution >= 0.6 is 11.3 Å². The molecule has 0 aromatic carbocycles. The molecule has 4 rings (SSSR count). The molecule has 10 heteroatoms. The van der Waals surface area contributed by atoms with Crippen molar-refractivity contribution >= 4 is 34.9 Å². The van der Waals surface area contributed by atoms with Gasteiger partial charge in [-0.05, 0) is 24.3 Å². The first-order chi connectivity index (χ1) is 14.0. The summed E-state index contributed by atoms with van der Waals surface area (Å²) in [6, 6.07) is 7.63. The highest BCUT2D eigenvalue weighted by molar-refractivity contribution is 7.17. The number of cyclic esters (lactones) is 1. The average molecular weight is 416 g/mol. The Morgan fingerprint density at radius 1 is 1.31 bits per heavy atom. The van der Waals surface area contributed by atoms with Crippen molar-refractivity contribution in [2.24, 2.45) is 5.16 Å². The first kappa shape index (κ1) is 19.3. The maximum absolute atomic E-state index is 12.1. The number of aromatic nitrogens is 1. The fourth-order valence-electron chi connectivity index (χ4n) is 3.08. The van der Waals surface area contributed by atoms with Crippen LogP contribution in [0.25, 0.3) is 10.4 Å². The fraction of sp³-hybridized carbons (Fsp3) is 0.368. The topological polar surface area (TPSA) is 113 Å². The second kappa shape index (κ2) is 8.18. The lowest BCUT2D eigenvalue weighted by Crippen LogP contribution is -2.33. The third-order valence-electron chi connectivity index (χ3n) is 4.59. The monoisotopic (exact) mass is 416 g/mol. The van der Waals surface area contributed by atoms with E-state index in [1.165, 1.54) is 11.8 Å². The van der Waals surface area contributed by atoms with E-state index in [9.17, 15) is 9.59 Å². The molecule has 2 atom stereocenters. The van der Waals surface area contributed by atoms with E-state index in [4.69, 9.17) is 14.7 Å². The molecule has 2 N–H and O–H groups in total. The van der Waals surface area contributed by atoms with Gasteiger partial charge in [-0.1, -0.05) is 5.16 Å². The molecule has 0 aliphatic carbocycles. The average Bonchev–Trinajstić information content (AvgIpc) is 3.45. The molecule has 4 heterocycles. The molecule has 1 fully saturated rings. The Labute approximate surface area is 170 Å². The summed E-state index contributed by atoms with van der Waals surface area (Å²) in [4.78, 5) is 36.1. The highest BCUT2D eigenvalue weighted by atomic mass is 32.1. The van der Waals surface area contributed by atoms with Gasteiger partial charge >= 0.3 is 6.09 Å². The largest absolute Gasteiger partial charge is 0.442 e. The first-order valence-corrected chi connectivity index (χ1v) is 9.98. The van der Waals surface area contributed by atoms with Crippen LogP contribution in [0.15, 0.2) is 35.6 Å². The van der Waals surface area contributed by atoms with Gasteiger partial charge in [-0.25, -0.2) is 9.78 Å². The minimum atomic E-state index is -0.475. The maximum atomic E-state index is 12.1. The van der Waals surface area contributed by atoms with E-state index in [-0.39, 0.29) is 25.2 Å². The number of rotatable bonds is 6. The van der Waals surface area contributed by atoms with Crippen LogP contribution in [0, 0.1) is 0 Å².